The molecular weight excluding hydrogens is 180 g/mol. The van der Waals surface area contributed by atoms with Crippen molar-refractivity contribution in [2.75, 3.05) is 13.2 Å². The molecule has 0 rings (SSSR count). The monoisotopic (exact) mass is 192 g/mol. The smallest absolute Gasteiger partial charge is 0.325 e. The lowest BCUT2D eigenvalue weighted by atomic mass is 10.3. The predicted molar refractivity (Wildman–Crippen MR) is 41.6 cm³/mol. The Bertz CT molecular complexity index is 195. The van der Waals surface area contributed by atoms with E-state index >= 15 is 0 Å². The third-order valence-electron chi connectivity index (χ3n) is 1.22. The van der Waals surface area contributed by atoms with Crippen molar-refractivity contribution in [2.24, 2.45) is 11.5 Å². The number of aliphatic hydroxyl groups is 1. The van der Waals surface area contributed by atoms with Crippen LogP contribution in [0.15, 0.2) is 0 Å². The van der Waals surface area contributed by atoms with Gasteiger partial charge in [-0.15, -0.1) is 0 Å². The number of hydrogen-bond acceptors (Lipinski definition) is 6. The number of carboxylic acid groups (broad SMARTS) is 1. The molecule has 0 aliphatic heterocycles. The third kappa shape index (κ3) is 4.41. The molecule has 0 amide bonds. The summed E-state index contributed by atoms with van der Waals surface area (Å²) < 4.78 is 4.39. The van der Waals surface area contributed by atoms with Gasteiger partial charge in [0.1, 0.15) is 18.7 Å². The summed E-state index contributed by atoms with van der Waals surface area (Å²) in [6.45, 7) is -1.01. The van der Waals surface area contributed by atoms with E-state index in [-0.39, 0.29) is 0 Å². The lowest BCUT2D eigenvalue weighted by Crippen LogP contribution is -2.40. The van der Waals surface area contributed by atoms with Crippen LogP contribution in [0.5, 0.6) is 0 Å². The summed E-state index contributed by atoms with van der Waals surface area (Å²) >= 11 is 0. The highest BCUT2D eigenvalue weighted by atomic mass is 16.5. The second-order valence-corrected chi connectivity index (χ2v) is 2.36. The molecule has 0 heterocycles. The Morgan fingerprint density at radius 2 is 1.85 bits per heavy atom. The molecule has 0 aliphatic rings. The molecule has 0 bridgehead atoms. The fourth-order valence-electron chi connectivity index (χ4n) is 0.425. The molecule has 0 aromatic carbocycles. The maximum absolute atomic E-state index is 10.7. The molecule has 2 atom stereocenters. The highest BCUT2D eigenvalue weighted by molar-refractivity contribution is 5.77. The number of hydrogen-bond donors (Lipinski definition) is 4. The van der Waals surface area contributed by atoms with Crippen molar-refractivity contribution in [3.63, 3.8) is 0 Å². The summed E-state index contributed by atoms with van der Waals surface area (Å²) in [7, 11) is 0. The first kappa shape index (κ1) is 11.8. The van der Waals surface area contributed by atoms with Crippen LogP contribution in [0.1, 0.15) is 0 Å². The second kappa shape index (κ2) is 5.46. The first-order valence-electron chi connectivity index (χ1n) is 3.50. The first-order chi connectivity index (χ1) is 5.99. The summed E-state index contributed by atoms with van der Waals surface area (Å²) in [5.41, 5.74) is 10.1. The topological polar surface area (TPSA) is 136 Å². The largest absolute Gasteiger partial charge is 0.480 e. The molecule has 0 radical (unpaired) electrons. The quantitative estimate of drug-likeness (QED) is 0.347. The number of esters is 1. The molecule has 7 nitrogen and oxygen atoms in total. The Hall–Kier alpha value is -1.18. The minimum absolute atomic E-state index is 0.456. The van der Waals surface area contributed by atoms with Crippen molar-refractivity contribution in [1.29, 1.82) is 0 Å². The average molecular weight is 192 g/mol. The molecule has 7 heteroatoms. The van der Waals surface area contributed by atoms with Crippen LogP contribution in [0.3, 0.4) is 0 Å². The van der Waals surface area contributed by atoms with E-state index in [1.807, 2.05) is 0 Å². The fourth-order valence-corrected chi connectivity index (χ4v) is 0.425. The van der Waals surface area contributed by atoms with Crippen LogP contribution >= 0.6 is 0 Å². The Balaban J connectivity index is 3.76. The molecule has 0 spiro atoms. The van der Waals surface area contributed by atoms with Crippen LogP contribution in [0, 0.1) is 0 Å². The summed E-state index contributed by atoms with van der Waals surface area (Å²) in [6, 6.07) is -2.42. The van der Waals surface area contributed by atoms with Gasteiger partial charge in [-0.05, 0) is 0 Å². The van der Waals surface area contributed by atoms with E-state index in [4.69, 9.17) is 21.7 Å². The number of carboxylic acids is 1. The number of carbonyl (C=O) groups is 2. The number of nitrogens with two attached hydrogens (primary N) is 2. The second-order valence-electron chi connectivity index (χ2n) is 2.36. The maximum Gasteiger partial charge on any atom is 0.325 e. The van der Waals surface area contributed by atoms with E-state index in [1.165, 1.54) is 0 Å². The average Bonchev–Trinajstić information content (AvgIpc) is 2.11. The van der Waals surface area contributed by atoms with Crippen LogP contribution in [-0.4, -0.2) is 47.4 Å². The van der Waals surface area contributed by atoms with E-state index in [2.05, 4.69) is 4.74 Å². The number of rotatable bonds is 5. The van der Waals surface area contributed by atoms with Gasteiger partial charge in [0.05, 0.1) is 6.61 Å². The lowest BCUT2D eigenvalue weighted by molar-refractivity contribution is -0.149. The summed E-state index contributed by atoms with van der Waals surface area (Å²) in [5, 5.41) is 16.7. The van der Waals surface area contributed by atoms with Crippen LogP contribution in [0.2, 0.25) is 0 Å². The third-order valence-corrected chi connectivity index (χ3v) is 1.22. The van der Waals surface area contributed by atoms with Crippen LogP contribution < -0.4 is 11.5 Å². The molecule has 0 aromatic rings. The predicted octanol–water partition coefficient (Wildman–Crippen LogP) is -2.74. The van der Waals surface area contributed by atoms with Crippen molar-refractivity contribution >= 4 is 11.9 Å². The van der Waals surface area contributed by atoms with Crippen molar-refractivity contribution in [3.05, 3.63) is 0 Å². The van der Waals surface area contributed by atoms with Gasteiger partial charge >= 0.3 is 11.9 Å². The summed E-state index contributed by atoms with van der Waals surface area (Å²) in [4.78, 5) is 20.9. The number of aliphatic hydroxyl groups excluding tert-OH is 1. The molecule has 0 aromatic heterocycles. The Morgan fingerprint density at radius 3 is 2.23 bits per heavy atom. The minimum Gasteiger partial charge on any atom is -0.480 e. The zero-order chi connectivity index (χ0) is 10.4. The van der Waals surface area contributed by atoms with Crippen molar-refractivity contribution in [3.8, 4) is 0 Å². The zero-order valence-electron chi connectivity index (χ0n) is 6.84. The lowest BCUT2D eigenvalue weighted by Gasteiger charge is -2.10. The Morgan fingerprint density at radius 1 is 1.31 bits per heavy atom. The van der Waals surface area contributed by atoms with Crippen LogP contribution in [0.25, 0.3) is 0 Å². The van der Waals surface area contributed by atoms with Gasteiger partial charge in [0.2, 0.25) is 0 Å². The number of ether oxygens (including phenoxy) is 1. The summed E-state index contributed by atoms with van der Waals surface area (Å²) in [6.07, 6.45) is 0. The molecule has 0 aliphatic carbocycles. The van der Waals surface area contributed by atoms with E-state index in [0.717, 1.165) is 0 Å². The molecule has 13 heavy (non-hydrogen) atoms. The Labute approximate surface area is 74.3 Å². The molecule has 76 valence electrons. The van der Waals surface area contributed by atoms with Crippen LogP contribution in [0.4, 0.5) is 0 Å². The highest BCUT2D eigenvalue weighted by Gasteiger charge is 2.18. The van der Waals surface area contributed by atoms with Gasteiger partial charge in [-0.1, -0.05) is 0 Å². The molecular formula is C6H12N2O5. The van der Waals surface area contributed by atoms with Gasteiger partial charge in [0.15, 0.2) is 0 Å². The highest BCUT2D eigenvalue weighted by Crippen LogP contribution is 1.87. The van der Waals surface area contributed by atoms with E-state index in [0.29, 0.717) is 0 Å². The number of carbonyl (C=O) groups excluding carboxylic acids is 1. The number of aliphatic carboxylic acids is 1. The van der Waals surface area contributed by atoms with Gasteiger partial charge in [-0.2, -0.15) is 0 Å². The first-order valence-corrected chi connectivity index (χ1v) is 3.50. The van der Waals surface area contributed by atoms with Crippen molar-refractivity contribution < 1.29 is 24.5 Å². The summed E-state index contributed by atoms with van der Waals surface area (Å²) in [5.74, 6) is -2.15. The van der Waals surface area contributed by atoms with Crippen LogP contribution in [-0.2, 0) is 14.3 Å². The van der Waals surface area contributed by atoms with Gasteiger partial charge in [-0.3, -0.25) is 9.59 Å². The molecule has 0 saturated heterocycles. The zero-order valence-corrected chi connectivity index (χ0v) is 6.84. The molecule has 1 unspecified atom stereocenters. The maximum atomic E-state index is 10.7. The Kier molecular flexibility index (Phi) is 4.97. The molecule has 0 saturated carbocycles. The normalized spacial score (nSPS) is 14.7. The minimum atomic E-state index is -1.27. The van der Waals surface area contributed by atoms with E-state index < -0.39 is 37.2 Å². The van der Waals surface area contributed by atoms with E-state index in [1.54, 1.807) is 0 Å². The van der Waals surface area contributed by atoms with Gasteiger partial charge in [0.25, 0.3) is 0 Å². The van der Waals surface area contributed by atoms with Gasteiger partial charge in [0, 0.05) is 0 Å². The van der Waals surface area contributed by atoms with Crippen molar-refractivity contribution in [1.82, 2.24) is 0 Å². The fraction of sp³-hybridized carbons (Fsp3) is 0.667. The van der Waals surface area contributed by atoms with E-state index in [9.17, 15) is 9.59 Å². The van der Waals surface area contributed by atoms with Gasteiger partial charge < -0.3 is 26.4 Å². The standard InChI is InChI=1S/C6H12N2O5/c7-3(1-9)6(12)13-2-4(8)5(10)11/h3-4,9H,1-2,7-8H2,(H,10,11)/t3?,4-/m0/s1. The SMILES string of the molecule is NC(CO)C(=O)OC[C@H](N)C(=O)O. The van der Waals surface area contributed by atoms with Gasteiger partial charge in [-0.25, -0.2) is 0 Å². The molecule has 6 N–H and O–H groups in total. The van der Waals surface area contributed by atoms with Crippen molar-refractivity contribution in [2.45, 2.75) is 12.1 Å². The molecule has 0 fully saturated rings.